The summed E-state index contributed by atoms with van der Waals surface area (Å²) >= 11 is 1.32. The number of carbonyl (C=O) groups is 2. The third kappa shape index (κ3) is 6.71. The van der Waals surface area contributed by atoms with Crippen molar-refractivity contribution in [2.45, 2.75) is 31.5 Å². The van der Waals surface area contributed by atoms with Gasteiger partial charge in [-0.15, -0.1) is 16.8 Å². The summed E-state index contributed by atoms with van der Waals surface area (Å²) < 4.78 is 7.02. The van der Waals surface area contributed by atoms with E-state index in [1.165, 1.54) is 11.8 Å². The van der Waals surface area contributed by atoms with E-state index >= 15 is 0 Å². The van der Waals surface area contributed by atoms with Gasteiger partial charge < -0.3 is 19.9 Å². The van der Waals surface area contributed by atoms with Gasteiger partial charge in [0.2, 0.25) is 5.91 Å². The van der Waals surface area contributed by atoms with Gasteiger partial charge in [-0.05, 0) is 42.3 Å². The Balaban J connectivity index is 1.55. The number of carbonyl (C=O) groups excluding carboxylic acids is 2. The first-order valence-electron chi connectivity index (χ1n) is 11.0. The van der Waals surface area contributed by atoms with Gasteiger partial charge in [-0.2, -0.15) is 0 Å². The number of aryl methyl sites for hydroxylation is 1. The predicted molar refractivity (Wildman–Crippen MR) is 134 cm³/mol. The molecule has 3 aromatic rings. The summed E-state index contributed by atoms with van der Waals surface area (Å²) in [5, 5.41) is 15.0. The molecule has 2 aromatic carbocycles. The third-order valence-electron chi connectivity index (χ3n) is 5.10. The van der Waals surface area contributed by atoms with Gasteiger partial charge in [-0.3, -0.25) is 9.59 Å². The normalized spacial score (nSPS) is 10.5. The van der Waals surface area contributed by atoms with Crippen molar-refractivity contribution in [2.75, 3.05) is 24.7 Å². The highest BCUT2D eigenvalue weighted by molar-refractivity contribution is 7.99. The number of methoxy groups -OCH3 is 1. The van der Waals surface area contributed by atoms with Crippen LogP contribution in [-0.2, 0) is 24.2 Å². The quantitative estimate of drug-likeness (QED) is 0.303. The van der Waals surface area contributed by atoms with E-state index in [9.17, 15) is 9.59 Å². The Morgan fingerprint density at radius 3 is 2.62 bits per heavy atom. The third-order valence-corrected chi connectivity index (χ3v) is 6.06. The fraction of sp³-hybridized carbons (Fsp3) is 0.280. The molecule has 0 fully saturated rings. The second-order valence-electron chi connectivity index (χ2n) is 7.38. The van der Waals surface area contributed by atoms with E-state index in [2.05, 4.69) is 34.3 Å². The molecule has 2 amide bonds. The van der Waals surface area contributed by atoms with Gasteiger partial charge in [-0.25, -0.2) is 0 Å². The van der Waals surface area contributed by atoms with Crippen LogP contribution in [0, 0.1) is 0 Å². The van der Waals surface area contributed by atoms with Crippen LogP contribution in [0.1, 0.15) is 28.7 Å². The van der Waals surface area contributed by atoms with Crippen molar-refractivity contribution in [3.05, 3.63) is 78.1 Å². The number of para-hydroxylation sites is 1. The molecule has 3 rings (SSSR count). The lowest BCUT2D eigenvalue weighted by molar-refractivity contribution is -0.113. The minimum absolute atomic E-state index is 0.104. The van der Waals surface area contributed by atoms with Crippen LogP contribution in [-0.4, -0.2) is 46.0 Å². The molecule has 0 saturated heterocycles. The maximum Gasteiger partial charge on any atom is 0.251 e. The maximum absolute atomic E-state index is 12.5. The number of aromatic nitrogens is 3. The van der Waals surface area contributed by atoms with E-state index in [-0.39, 0.29) is 17.6 Å². The summed E-state index contributed by atoms with van der Waals surface area (Å²) in [6.45, 7) is 6.77. The summed E-state index contributed by atoms with van der Waals surface area (Å²) in [4.78, 5) is 24.9. The fourth-order valence-corrected chi connectivity index (χ4v) is 4.09. The standard InChI is InChI=1S/C25H29N5O3S/c1-4-16-30-22(14-15-26-24(32)19-10-12-20(33-3)13-11-19)28-29-25(30)34-17-23(31)27-21-9-7-6-8-18(21)5-2/h4,6-13H,1,5,14-17H2,2-3H3,(H,26,32)(H,27,31). The minimum Gasteiger partial charge on any atom is -0.497 e. The SMILES string of the molecule is C=CCn1c(CCNC(=O)c2ccc(OC)cc2)nnc1SCC(=O)Nc1ccccc1CC. The molecule has 2 N–H and O–H groups in total. The van der Waals surface area contributed by atoms with Crippen LogP contribution in [0.3, 0.4) is 0 Å². The number of hydrogen-bond donors (Lipinski definition) is 2. The molecule has 8 nitrogen and oxygen atoms in total. The topological polar surface area (TPSA) is 98.1 Å². The van der Waals surface area contributed by atoms with Crippen molar-refractivity contribution >= 4 is 29.3 Å². The van der Waals surface area contributed by atoms with E-state index in [1.807, 2.05) is 28.8 Å². The Kier molecular flexibility index (Phi) is 9.28. The minimum atomic E-state index is -0.170. The average molecular weight is 480 g/mol. The van der Waals surface area contributed by atoms with Crippen molar-refractivity contribution in [1.82, 2.24) is 20.1 Å². The fourth-order valence-electron chi connectivity index (χ4n) is 3.32. The van der Waals surface area contributed by atoms with Crippen molar-refractivity contribution in [3.8, 4) is 5.75 Å². The Bertz CT molecular complexity index is 1130. The van der Waals surface area contributed by atoms with Crippen LogP contribution in [0.25, 0.3) is 0 Å². The molecule has 0 bridgehead atoms. The first-order chi connectivity index (χ1) is 16.5. The van der Waals surface area contributed by atoms with Crippen molar-refractivity contribution in [1.29, 1.82) is 0 Å². The summed E-state index contributed by atoms with van der Waals surface area (Å²) in [5.41, 5.74) is 2.48. The molecule has 0 aliphatic rings. The van der Waals surface area contributed by atoms with Crippen LogP contribution in [0.2, 0.25) is 0 Å². The first-order valence-corrected chi connectivity index (χ1v) is 12.0. The lowest BCUT2D eigenvalue weighted by Gasteiger charge is -2.10. The number of amides is 2. The van der Waals surface area contributed by atoms with Gasteiger partial charge in [0.25, 0.3) is 5.91 Å². The number of allylic oxidation sites excluding steroid dienone is 1. The zero-order valence-electron chi connectivity index (χ0n) is 19.4. The first kappa shape index (κ1) is 25.0. The van der Waals surface area contributed by atoms with Crippen LogP contribution in [0.4, 0.5) is 5.69 Å². The molecule has 9 heteroatoms. The zero-order valence-corrected chi connectivity index (χ0v) is 20.2. The molecule has 0 radical (unpaired) electrons. The number of nitrogens with one attached hydrogen (secondary N) is 2. The molecule has 178 valence electrons. The Labute approximate surface area is 203 Å². The number of rotatable bonds is 12. The highest BCUT2D eigenvalue weighted by Crippen LogP contribution is 2.20. The van der Waals surface area contributed by atoms with E-state index < -0.39 is 0 Å². The molecule has 34 heavy (non-hydrogen) atoms. The molecular formula is C25H29N5O3S. The van der Waals surface area contributed by atoms with E-state index in [0.29, 0.717) is 41.8 Å². The lowest BCUT2D eigenvalue weighted by atomic mass is 10.1. The van der Waals surface area contributed by atoms with Crippen molar-refractivity contribution in [3.63, 3.8) is 0 Å². The van der Waals surface area contributed by atoms with Gasteiger partial charge in [-0.1, -0.05) is 43.0 Å². The highest BCUT2D eigenvalue weighted by atomic mass is 32.2. The Morgan fingerprint density at radius 1 is 1.15 bits per heavy atom. The van der Waals surface area contributed by atoms with Crippen molar-refractivity contribution < 1.29 is 14.3 Å². The zero-order chi connectivity index (χ0) is 24.3. The Hall–Kier alpha value is -3.59. The van der Waals surface area contributed by atoms with Gasteiger partial charge in [0, 0.05) is 30.8 Å². The molecule has 0 spiro atoms. The van der Waals surface area contributed by atoms with Crippen LogP contribution in [0.15, 0.2) is 66.3 Å². The number of anilines is 1. The lowest BCUT2D eigenvalue weighted by Crippen LogP contribution is -2.26. The smallest absolute Gasteiger partial charge is 0.251 e. The van der Waals surface area contributed by atoms with Gasteiger partial charge in [0.05, 0.1) is 12.9 Å². The number of nitrogens with zero attached hydrogens (tertiary/aromatic N) is 3. The number of thioether (sulfide) groups is 1. The molecule has 0 atom stereocenters. The average Bonchev–Trinajstić information content (AvgIpc) is 3.24. The molecule has 0 saturated carbocycles. The molecule has 0 aliphatic heterocycles. The van der Waals surface area contributed by atoms with Crippen LogP contribution in [0.5, 0.6) is 5.75 Å². The van der Waals surface area contributed by atoms with E-state index in [0.717, 1.165) is 17.7 Å². The molecular weight excluding hydrogens is 450 g/mol. The maximum atomic E-state index is 12.5. The van der Waals surface area contributed by atoms with Crippen LogP contribution >= 0.6 is 11.8 Å². The second-order valence-corrected chi connectivity index (χ2v) is 8.32. The second kappa shape index (κ2) is 12.6. The number of hydrogen-bond acceptors (Lipinski definition) is 6. The van der Waals surface area contributed by atoms with E-state index in [4.69, 9.17) is 4.74 Å². The molecule has 1 heterocycles. The monoisotopic (exact) mass is 479 g/mol. The number of ether oxygens (including phenoxy) is 1. The summed E-state index contributed by atoms with van der Waals surface area (Å²) in [7, 11) is 1.58. The Morgan fingerprint density at radius 2 is 1.91 bits per heavy atom. The summed E-state index contributed by atoms with van der Waals surface area (Å²) in [6.07, 6.45) is 3.10. The van der Waals surface area contributed by atoms with Gasteiger partial charge >= 0.3 is 0 Å². The largest absolute Gasteiger partial charge is 0.497 e. The van der Waals surface area contributed by atoms with Crippen LogP contribution < -0.4 is 15.4 Å². The predicted octanol–water partition coefficient (Wildman–Crippen LogP) is 3.74. The highest BCUT2D eigenvalue weighted by Gasteiger charge is 2.15. The van der Waals surface area contributed by atoms with E-state index in [1.54, 1.807) is 37.5 Å². The summed E-state index contributed by atoms with van der Waals surface area (Å²) in [5.74, 6) is 1.35. The molecule has 0 aliphatic carbocycles. The molecule has 1 aromatic heterocycles. The van der Waals surface area contributed by atoms with Crippen molar-refractivity contribution in [2.24, 2.45) is 0 Å². The summed E-state index contributed by atoms with van der Waals surface area (Å²) in [6, 6.07) is 14.7. The molecule has 0 unspecified atom stereocenters. The number of benzene rings is 2. The van der Waals surface area contributed by atoms with Gasteiger partial charge in [0.1, 0.15) is 11.6 Å². The van der Waals surface area contributed by atoms with Gasteiger partial charge in [0.15, 0.2) is 5.16 Å².